The number of aryl methyl sites for hydroxylation is 3. The normalized spacial score (nSPS) is 11.2. The molecule has 3 heteroatoms. The Kier molecular flexibility index (Phi) is 3.36. The van der Waals surface area contributed by atoms with Crippen molar-refractivity contribution in [2.24, 2.45) is 0 Å². The number of imidazole rings is 1. The Hall–Kier alpha value is -1.51. The summed E-state index contributed by atoms with van der Waals surface area (Å²) < 4.78 is 2.05. The number of aromatic nitrogens is 2. The minimum absolute atomic E-state index is 0.814. The lowest BCUT2D eigenvalue weighted by atomic mass is 10.1. The average molecular weight is 231 g/mol. The second-order valence-electron chi connectivity index (χ2n) is 4.77. The standard InChI is InChI=1S/C14H21N3/c1-4-5-6-7-12-14(15)17-11(3)8-10(2)9-13(17)16-12/h8-9H,4-7,15H2,1-3H3. The van der Waals surface area contributed by atoms with E-state index in [4.69, 9.17) is 5.73 Å². The molecule has 2 rings (SSSR count). The molecule has 0 aliphatic rings. The van der Waals surface area contributed by atoms with Crippen LogP contribution in [0.3, 0.4) is 0 Å². The van der Waals surface area contributed by atoms with Crippen LogP contribution in [0.5, 0.6) is 0 Å². The molecular formula is C14H21N3. The van der Waals surface area contributed by atoms with Crippen LogP contribution in [0.25, 0.3) is 5.65 Å². The van der Waals surface area contributed by atoms with Gasteiger partial charge in [0, 0.05) is 5.69 Å². The first-order valence-electron chi connectivity index (χ1n) is 6.37. The summed E-state index contributed by atoms with van der Waals surface area (Å²) in [6, 6.07) is 4.23. The summed E-state index contributed by atoms with van der Waals surface area (Å²) in [4.78, 5) is 4.64. The van der Waals surface area contributed by atoms with Crippen molar-refractivity contribution in [1.82, 2.24) is 9.38 Å². The lowest BCUT2D eigenvalue weighted by Crippen LogP contribution is -1.99. The van der Waals surface area contributed by atoms with Crippen molar-refractivity contribution in [3.63, 3.8) is 0 Å². The first-order valence-corrected chi connectivity index (χ1v) is 6.37. The Morgan fingerprint density at radius 3 is 2.71 bits per heavy atom. The van der Waals surface area contributed by atoms with Crippen molar-refractivity contribution < 1.29 is 0 Å². The van der Waals surface area contributed by atoms with Gasteiger partial charge in [0.05, 0.1) is 5.69 Å². The third-order valence-corrected chi connectivity index (χ3v) is 3.18. The maximum absolute atomic E-state index is 6.17. The molecule has 0 saturated heterocycles. The molecule has 2 aromatic heterocycles. The molecule has 2 aromatic rings. The zero-order valence-electron chi connectivity index (χ0n) is 11.0. The van der Waals surface area contributed by atoms with E-state index in [0.29, 0.717) is 0 Å². The molecule has 0 atom stereocenters. The molecule has 0 bridgehead atoms. The molecule has 0 fully saturated rings. The van der Waals surface area contributed by atoms with E-state index < -0.39 is 0 Å². The highest BCUT2D eigenvalue weighted by molar-refractivity contribution is 5.55. The summed E-state index contributed by atoms with van der Waals surface area (Å²) in [7, 11) is 0. The summed E-state index contributed by atoms with van der Waals surface area (Å²) in [5.74, 6) is 0.814. The van der Waals surface area contributed by atoms with Crippen LogP contribution >= 0.6 is 0 Å². The van der Waals surface area contributed by atoms with Crippen LogP contribution in [-0.4, -0.2) is 9.38 Å². The predicted molar refractivity (Wildman–Crippen MR) is 72.3 cm³/mol. The monoisotopic (exact) mass is 231 g/mol. The quantitative estimate of drug-likeness (QED) is 0.821. The Bertz CT molecular complexity index is 526. The molecule has 0 unspecified atom stereocenters. The maximum atomic E-state index is 6.17. The van der Waals surface area contributed by atoms with Gasteiger partial charge in [-0.2, -0.15) is 0 Å². The Balaban J connectivity index is 2.39. The number of nitrogens with two attached hydrogens (primary N) is 1. The van der Waals surface area contributed by atoms with Crippen molar-refractivity contribution in [3.8, 4) is 0 Å². The van der Waals surface area contributed by atoms with Crippen LogP contribution in [-0.2, 0) is 6.42 Å². The molecule has 3 nitrogen and oxygen atoms in total. The minimum Gasteiger partial charge on any atom is -0.383 e. The zero-order valence-corrected chi connectivity index (χ0v) is 11.0. The van der Waals surface area contributed by atoms with Crippen LogP contribution in [0.4, 0.5) is 5.82 Å². The summed E-state index contributed by atoms with van der Waals surface area (Å²) in [6.45, 7) is 6.38. The highest BCUT2D eigenvalue weighted by Gasteiger charge is 2.10. The van der Waals surface area contributed by atoms with Gasteiger partial charge in [-0.25, -0.2) is 4.98 Å². The molecule has 0 saturated carbocycles. The molecule has 2 heterocycles. The van der Waals surface area contributed by atoms with Gasteiger partial charge >= 0.3 is 0 Å². The molecule has 0 spiro atoms. The molecule has 2 N–H and O–H groups in total. The van der Waals surface area contributed by atoms with E-state index in [1.807, 2.05) is 4.40 Å². The largest absolute Gasteiger partial charge is 0.383 e. The highest BCUT2D eigenvalue weighted by Crippen LogP contribution is 2.20. The van der Waals surface area contributed by atoms with Crippen LogP contribution in [0.1, 0.15) is 43.1 Å². The van der Waals surface area contributed by atoms with Gasteiger partial charge in [0.15, 0.2) is 0 Å². The number of anilines is 1. The van der Waals surface area contributed by atoms with Gasteiger partial charge in [-0.3, -0.25) is 4.40 Å². The third kappa shape index (κ3) is 2.28. The van der Waals surface area contributed by atoms with E-state index in [1.165, 1.54) is 24.8 Å². The molecule has 0 amide bonds. The smallest absolute Gasteiger partial charge is 0.139 e. The van der Waals surface area contributed by atoms with E-state index in [9.17, 15) is 0 Å². The number of hydrogen-bond donors (Lipinski definition) is 1. The Labute approximate surface area is 103 Å². The van der Waals surface area contributed by atoms with Crippen LogP contribution < -0.4 is 5.73 Å². The van der Waals surface area contributed by atoms with E-state index in [2.05, 4.69) is 37.9 Å². The number of nitrogen functional groups attached to an aromatic ring is 1. The van der Waals surface area contributed by atoms with Crippen LogP contribution in [0, 0.1) is 13.8 Å². The van der Waals surface area contributed by atoms with Crippen molar-refractivity contribution in [2.45, 2.75) is 46.5 Å². The first kappa shape index (κ1) is 12.0. The second-order valence-corrected chi connectivity index (χ2v) is 4.77. The van der Waals surface area contributed by atoms with Gasteiger partial charge in [0.25, 0.3) is 0 Å². The SMILES string of the molecule is CCCCCc1nc2cc(C)cc(C)n2c1N. The van der Waals surface area contributed by atoms with Gasteiger partial charge in [0.1, 0.15) is 11.5 Å². The molecular weight excluding hydrogens is 210 g/mol. The number of pyridine rings is 1. The summed E-state index contributed by atoms with van der Waals surface area (Å²) in [6.07, 6.45) is 4.62. The molecule has 0 aliphatic heterocycles. The van der Waals surface area contributed by atoms with Crippen molar-refractivity contribution >= 4 is 11.5 Å². The number of hydrogen-bond acceptors (Lipinski definition) is 2. The number of rotatable bonds is 4. The minimum atomic E-state index is 0.814. The predicted octanol–water partition coefficient (Wildman–Crippen LogP) is 3.27. The van der Waals surface area contributed by atoms with Crippen molar-refractivity contribution in [3.05, 3.63) is 29.1 Å². The number of nitrogens with zero attached hydrogens (tertiary/aromatic N) is 2. The van der Waals surface area contributed by atoms with Crippen LogP contribution in [0.15, 0.2) is 12.1 Å². The summed E-state index contributed by atoms with van der Waals surface area (Å²) >= 11 is 0. The van der Waals surface area contributed by atoms with E-state index in [-0.39, 0.29) is 0 Å². The van der Waals surface area contributed by atoms with Crippen LogP contribution in [0.2, 0.25) is 0 Å². The topological polar surface area (TPSA) is 43.3 Å². The number of fused-ring (bicyclic) bond motifs is 1. The van der Waals surface area contributed by atoms with Gasteiger partial charge in [-0.05, 0) is 44.4 Å². The van der Waals surface area contributed by atoms with Crippen molar-refractivity contribution in [2.75, 3.05) is 5.73 Å². The van der Waals surface area contributed by atoms with Gasteiger partial charge in [0.2, 0.25) is 0 Å². The van der Waals surface area contributed by atoms with Gasteiger partial charge in [-0.1, -0.05) is 19.8 Å². The van der Waals surface area contributed by atoms with E-state index in [1.54, 1.807) is 0 Å². The highest BCUT2D eigenvalue weighted by atomic mass is 15.1. The molecule has 0 radical (unpaired) electrons. The average Bonchev–Trinajstić information content (AvgIpc) is 2.56. The third-order valence-electron chi connectivity index (χ3n) is 3.18. The molecule has 0 aromatic carbocycles. The van der Waals surface area contributed by atoms with Gasteiger partial charge in [-0.15, -0.1) is 0 Å². The first-order chi connectivity index (χ1) is 8.13. The molecule has 17 heavy (non-hydrogen) atoms. The Morgan fingerprint density at radius 1 is 1.24 bits per heavy atom. The van der Waals surface area contributed by atoms with Gasteiger partial charge < -0.3 is 5.73 Å². The van der Waals surface area contributed by atoms with E-state index >= 15 is 0 Å². The molecule has 0 aliphatic carbocycles. The van der Waals surface area contributed by atoms with Crippen molar-refractivity contribution in [1.29, 1.82) is 0 Å². The summed E-state index contributed by atoms with van der Waals surface area (Å²) in [5, 5.41) is 0. The second kappa shape index (κ2) is 4.78. The fraction of sp³-hybridized carbons (Fsp3) is 0.500. The maximum Gasteiger partial charge on any atom is 0.139 e. The lowest BCUT2D eigenvalue weighted by molar-refractivity contribution is 0.711. The zero-order chi connectivity index (χ0) is 12.4. The number of unbranched alkanes of at least 4 members (excludes halogenated alkanes) is 2. The van der Waals surface area contributed by atoms with E-state index in [0.717, 1.165) is 29.3 Å². The fourth-order valence-electron chi connectivity index (χ4n) is 2.33. The molecule has 92 valence electrons. The Morgan fingerprint density at radius 2 is 2.00 bits per heavy atom. The lowest BCUT2D eigenvalue weighted by Gasteiger charge is -2.03. The fourth-order valence-corrected chi connectivity index (χ4v) is 2.33. The summed E-state index contributed by atoms with van der Waals surface area (Å²) in [5.41, 5.74) is 10.6.